The van der Waals surface area contributed by atoms with Gasteiger partial charge in [0.1, 0.15) is 11.4 Å². The number of nitrogens with one attached hydrogen (secondary N) is 2. The van der Waals surface area contributed by atoms with Crippen molar-refractivity contribution in [2.45, 2.75) is 96.5 Å². The van der Waals surface area contributed by atoms with E-state index in [0.29, 0.717) is 18.7 Å². The fourth-order valence-electron chi connectivity index (χ4n) is 6.14. The normalized spacial score (nSPS) is 17.1. The highest BCUT2D eigenvalue weighted by Gasteiger charge is 2.31. The van der Waals surface area contributed by atoms with Gasteiger partial charge in [-0.25, -0.2) is 0 Å². The molecule has 0 radical (unpaired) electrons. The number of hydrogen-bond acceptors (Lipinski definition) is 6. The quantitative estimate of drug-likeness (QED) is 0.222. The van der Waals surface area contributed by atoms with E-state index >= 15 is 0 Å². The van der Waals surface area contributed by atoms with Gasteiger partial charge in [-0.1, -0.05) is 62.7 Å². The number of aliphatic hydroxyl groups is 1. The molecule has 4 atom stereocenters. The van der Waals surface area contributed by atoms with Gasteiger partial charge in [0.2, 0.25) is 0 Å². The molecule has 3 aromatic rings. The Balaban J connectivity index is 1.50. The average Bonchev–Trinajstić information content (AvgIpc) is 3.50. The Hall–Kier alpha value is -3.69. The molecule has 1 aliphatic heterocycles. The summed E-state index contributed by atoms with van der Waals surface area (Å²) in [5, 5.41) is 22.5. The van der Waals surface area contributed by atoms with Crippen molar-refractivity contribution in [2.75, 3.05) is 20.2 Å². The molecule has 2 aromatic carbocycles. The van der Waals surface area contributed by atoms with Crippen molar-refractivity contribution in [1.82, 2.24) is 25.3 Å². The number of benzene rings is 2. The maximum atomic E-state index is 13.7. The van der Waals surface area contributed by atoms with Gasteiger partial charge >= 0.3 is 0 Å². The fourth-order valence-corrected chi connectivity index (χ4v) is 6.14. The van der Waals surface area contributed by atoms with Gasteiger partial charge in [0.05, 0.1) is 19.3 Å². The maximum Gasteiger partial charge on any atom is 0.272 e. The van der Waals surface area contributed by atoms with E-state index in [0.717, 1.165) is 61.9 Å². The molecule has 4 rings (SSSR count). The summed E-state index contributed by atoms with van der Waals surface area (Å²) in [6, 6.07) is 19.0. The van der Waals surface area contributed by atoms with Crippen LogP contribution in [0.25, 0.3) is 0 Å². The predicted molar refractivity (Wildman–Crippen MR) is 173 cm³/mol. The van der Waals surface area contributed by atoms with Crippen LogP contribution in [0.15, 0.2) is 60.7 Å². The van der Waals surface area contributed by atoms with Crippen LogP contribution in [0.2, 0.25) is 0 Å². The Morgan fingerprint density at radius 2 is 1.86 bits per heavy atom. The average molecular weight is 604 g/mol. The summed E-state index contributed by atoms with van der Waals surface area (Å²) in [6.45, 7) is 7.63. The molecular weight excluding hydrogens is 554 g/mol. The molecule has 238 valence electrons. The number of ether oxygens (including phenoxy) is 1. The fraction of sp³-hybridized carbons (Fsp3) is 0.514. The van der Waals surface area contributed by atoms with Crippen molar-refractivity contribution in [2.24, 2.45) is 0 Å². The Labute approximate surface area is 262 Å². The van der Waals surface area contributed by atoms with Crippen LogP contribution in [0, 0.1) is 0 Å². The van der Waals surface area contributed by atoms with Crippen LogP contribution in [-0.4, -0.2) is 70.0 Å². The SMILES string of the molecule is CCCC1CCCCN1C(=O)c1cc(C(=O)N[C@@H](Cc2ccccc2)[C@H](O)CN[C@H](CC)c2cccc(OC)c2)nn1CC. The van der Waals surface area contributed by atoms with Crippen LogP contribution in [0.1, 0.15) is 97.4 Å². The summed E-state index contributed by atoms with van der Waals surface area (Å²) in [5.41, 5.74) is 2.69. The highest BCUT2D eigenvalue weighted by atomic mass is 16.5. The van der Waals surface area contributed by atoms with Crippen LogP contribution >= 0.6 is 0 Å². The van der Waals surface area contributed by atoms with Gasteiger partial charge in [-0.15, -0.1) is 0 Å². The molecule has 1 aromatic heterocycles. The number of piperidine rings is 1. The zero-order valence-corrected chi connectivity index (χ0v) is 26.7. The minimum atomic E-state index is -0.878. The first kappa shape index (κ1) is 33.2. The number of carbonyl (C=O) groups excluding carboxylic acids is 2. The van der Waals surface area contributed by atoms with Gasteiger partial charge in [-0.3, -0.25) is 14.3 Å². The van der Waals surface area contributed by atoms with Crippen molar-refractivity contribution < 1.29 is 19.4 Å². The first-order valence-corrected chi connectivity index (χ1v) is 16.2. The highest BCUT2D eigenvalue weighted by Crippen LogP contribution is 2.24. The Kier molecular flexibility index (Phi) is 12.4. The van der Waals surface area contributed by atoms with Crippen LogP contribution in [0.4, 0.5) is 0 Å². The number of aromatic nitrogens is 2. The first-order chi connectivity index (χ1) is 21.4. The molecule has 0 saturated carbocycles. The van der Waals surface area contributed by atoms with Gasteiger partial charge in [0, 0.05) is 37.8 Å². The Morgan fingerprint density at radius 3 is 2.57 bits per heavy atom. The lowest BCUT2D eigenvalue weighted by Crippen LogP contribution is -2.49. The molecule has 0 spiro atoms. The molecule has 0 bridgehead atoms. The molecule has 1 aliphatic rings. The second-order valence-electron chi connectivity index (χ2n) is 11.7. The zero-order chi connectivity index (χ0) is 31.5. The third-order valence-electron chi connectivity index (χ3n) is 8.60. The number of nitrogens with zero attached hydrogens (tertiary/aromatic N) is 3. The van der Waals surface area contributed by atoms with Gasteiger partial charge in [0.15, 0.2) is 5.69 Å². The molecule has 3 N–H and O–H groups in total. The van der Waals surface area contributed by atoms with Crippen molar-refractivity contribution >= 4 is 11.8 Å². The van der Waals surface area contributed by atoms with Gasteiger partial charge < -0.3 is 25.4 Å². The van der Waals surface area contributed by atoms with E-state index in [-0.39, 0.29) is 30.2 Å². The molecule has 1 saturated heterocycles. The maximum absolute atomic E-state index is 13.7. The lowest BCUT2D eigenvalue weighted by atomic mass is 9.98. The molecule has 2 heterocycles. The smallest absolute Gasteiger partial charge is 0.272 e. The van der Waals surface area contributed by atoms with Crippen molar-refractivity contribution in [3.05, 3.63) is 83.2 Å². The second kappa shape index (κ2) is 16.4. The van der Waals surface area contributed by atoms with E-state index in [1.165, 1.54) is 0 Å². The Morgan fingerprint density at radius 1 is 1.07 bits per heavy atom. The first-order valence-electron chi connectivity index (χ1n) is 16.2. The number of amides is 2. The third kappa shape index (κ3) is 8.48. The monoisotopic (exact) mass is 603 g/mol. The van der Waals surface area contributed by atoms with Crippen LogP contribution in [-0.2, 0) is 13.0 Å². The standard InChI is InChI=1S/C35H49N5O4/c1-5-14-27-18-11-12-20-39(27)35(43)32-23-31(38-40(32)7-3)34(42)37-30(21-25-15-9-8-10-16-25)33(41)24-36-29(6-2)26-17-13-19-28(22-26)44-4/h8-10,13,15-17,19,22-23,27,29-30,33,36,41H,5-7,11-12,14,18,20-21,24H2,1-4H3,(H,37,42)/t27?,29-,30+,33-/m1/s1. The van der Waals surface area contributed by atoms with E-state index in [4.69, 9.17) is 4.74 Å². The van der Waals surface area contributed by atoms with E-state index in [1.54, 1.807) is 17.9 Å². The summed E-state index contributed by atoms with van der Waals surface area (Å²) in [5.74, 6) is 0.308. The van der Waals surface area contributed by atoms with Crippen molar-refractivity contribution in [3.63, 3.8) is 0 Å². The van der Waals surface area contributed by atoms with E-state index in [9.17, 15) is 14.7 Å². The Bertz CT molecular complexity index is 1340. The number of hydrogen-bond donors (Lipinski definition) is 3. The topological polar surface area (TPSA) is 109 Å². The van der Waals surface area contributed by atoms with Crippen LogP contribution < -0.4 is 15.4 Å². The number of carbonyl (C=O) groups is 2. The van der Waals surface area contributed by atoms with Gasteiger partial charge in [0.25, 0.3) is 11.8 Å². The minimum absolute atomic E-state index is 0.00738. The third-order valence-corrected chi connectivity index (χ3v) is 8.60. The predicted octanol–water partition coefficient (Wildman–Crippen LogP) is 5.15. The summed E-state index contributed by atoms with van der Waals surface area (Å²) in [7, 11) is 1.65. The second-order valence-corrected chi connectivity index (χ2v) is 11.7. The van der Waals surface area contributed by atoms with Gasteiger partial charge in [-0.2, -0.15) is 5.10 Å². The molecule has 44 heavy (non-hydrogen) atoms. The zero-order valence-electron chi connectivity index (χ0n) is 26.7. The van der Waals surface area contributed by atoms with Gasteiger partial charge in [-0.05, 0) is 68.7 Å². The van der Waals surface area contributed by atoms with Crippen LogP contribution in [0.3, 0.4) is 0 Å². The minimum Gasteiger partial charge on any atom is -0.497 e. The molecule has 9 nitrogen and oxygen atoms in total. The molecule has 1 unspecified atom stereocenters. The summed E-state index contributed by atoms with van der Waals surface area (Å²) >= 11 is 0. The van der Waals surface area contributed by atoms with Crippen molar-refractivity contribution in [1.29, 1.82) is 0 Å². The van der Waals surface area contributed by atoms with E-state index < -0.39 is 18.1 Å². The molecule has 9 heteroatoms. The molecule has 2 amide bonds. The summed E-state index contributed by atoms with van der Waals surface area (Å²) in [6.07, 6.45) is 5.51. The lowest BCUT2D eigenvalue weighted by molar-refractivity contribution is 0.0588. The largest absolute Gasteiger partial charge is 0.497 e. The summed E-state index contributed by atoms with van der Waals surface area (Å²) < 4.78 is 7.02. The molecular formula is C35H49N5O4. The number of rotatable bonds is 15. The number of aryl methyl sites for hydroxylation is 1. The van der Waals surface area contributed by atoms with E-state index in [1.807, 2.05) is 66.4 Å². The van der Waals surface area contributed by atoms with Crippen molar-refractivity contribution in [3.8, 4) is 5.75 Å². The molecule has 1 fully saturated rings. The summed E-state index contributed by atoms with van der Waals surface area (Å²) in [4.78, 5) is 29.3. The van der Waals surface area contributed by atoms with E-state index in [2.05, 4.69) is 29.6 Å². The lowest BCUT2D eigenvalue weighted by Gasteiger charge is -2.35. The number of likely N-dealkylation sites (tertiary alicyclic amines) is 1. The number of aliphatic hydroxyl groups excluding tert-OH is 1. The number of methoxy groups -OCH3 is 1. The highest BCUT2D eigenvalue weighted by molar-refractivity contribution is 5.98. The van der Waals surface area contributed by atoms with Crippen LogP contribution in [0.5, 0.6) is 5.75 Å². The molecule has 0 aliphatic carbocycles.